The van der Waals surface area contributed by atoms with Crippen LogP contribution in [-0.2, 0) is 16.0 Å². The molecule has 92 valence electrons. The zero-order chi connectivity index (χ0) is 12.8. The van der Waals surface area contributed by atoms with Crippen LogP contribution in [0.5, 0.6) is 0 Å². The van der Waals surface area contributed by atoms with Gasteiger partial charge in [-0.25, -0.2) is 0 Å². The maximum absolute atomic E-state index is 11.0. The molecule has 17 heavy (non-hydrogen) atoms. The van der Waals surface area contributed by atoms with Crippen LogP contribution in [0.15, 0.2) is 24.3 Å². The number of aryl methyl sites for hydroxylation is 1. The van der Waals surface area contributed by atoms with Crippen molar-refractivity contribution in [3.63, 3.8) is 0 Å². The van der Waals surface area contributed by atoms with Crippen LogP contribution in [0.1, 0.15) is 37.4 Å². The molecule has 0 aliphatic carbocycles. The zero-order valence-corrected chi connectivity index (χ0v) is 10.1. The maximum atomic E-state index is 11.0. The van der Waals surface area contributed by atoms with E-state index in [1.54, 1.807) is 0 Å². The molecule has 1 amide bonds. The van der Waals surface area contributed by atoms with Crippen LogP contribution < -0.4 is 5.32 Å². The summed E-state index contributed by atoms with van der Waals surface area (Å²) in [5.74, 6) is -1.15. The summed E-state index contributed by atoms with van der Waals surface area (Å²) in [4.78, 5) is 21.8. The Balaban J connectivity index is 2.86. The van der Waals surface area contributed by atoms with Crippen molar-refractivity contribution >= 4 is 11.9 Å². The molecule has 0 saturated carbocycles. The number of hydrogen-bond donors (Lipinski definition) is 2. The molecule has 1 aromatic carbocycles. The fraction of sp³-hybridized carbons (Fsp3) is 0.385. The van der Waals surface area contributed by atoms with E-state index in [0.717, 1.165) is 12.0 Å². The Labute approximate surface area is 101 Å². The molecule has 0 heterocycles. The molecule has 0 aromatic heterocycles. The quantitative estimate of drug-likeness (QED) is 0.819. The standard InChI is InChI=1S/C13H17NO3/c1-3-10-4-6-11(7-5-10)12(8-13(16)17)14-9(2)15/h4-7,12H,3,8H2,1-2H3,(H,14,15)(H,16,17). The molecule has 0 spiro atoms. The lowest BCUT2D eigenvalue weighted by atomic mass is 10.0. The molecule has 0 radical (unpaired) electrons. The molecule has 1 aromatic rings. The first kappa shape index (κ1) is 13.2. The van der Waals surface area contributed by atoms with Gasteiger partial charge in [0.15, 0.2) is 0 Å². The zero-order valence-electron chi connectivity index (χ0n) is 10.1. The summed E-state index contributed by atoms with van der Waals surface area (Å²) in [6.45, 7) is 3.44. The fourth-order valence-corrected chi connectivity index (χ4v) is 1.66. The molecular weight excluding hydrogens is 218 g/mol. The predicted octanol–water partition coefficient (Wildman–Crippen LogP) is 1.90. The van der Waals surface area contributed by atoms with Gasteiger partial charge in [0.05, 0.1) is 12.5 Å². The largest absolute Gasteiger partial charge is 0.481 e. The van der Waals surface area contributed by atoms with Gasteiger partial charge >= 0.3 is 5.97 Å². The fourth-order valence-electron chi connectivity index (χ4n) is 1.66. The van der Waals surface area contributed by atoms with Crippen molar-refractivity contribution in [3.05, 3.63) is 35.4 Å². The molecule has 4 nitrogen and oxygen atoms in total. The summed E-state index contributed by atoms with van der Waals surface area (Å²) in [5, 5.41) is 11.5. The summed E-state index contributed by atoms with van der Waals surface area (Å²) in [6.07, 6.45) is 0.828. The Morgan fingerprint density at radius 1 is 1.29 bits per heavy atom. The predicted molar refractivity (Wildman–Crippen MR) is 64.6 cm³/mol. The van der Waals surface area contributed by atoms with Crippen LogP contribution in [0.4, 0.5) is 0 Å². The van der Waals surface area contributed by atoms with Gasteiger partial charge in [0.25, 0.3) is 0 Å². The van der Waals surface area contributed by atoms with E-state index in [-0.39, 0.29) is 12.3 Å². The molecule has 1 unspecified atom stereocenters. The maximum Gasteiger partial charge on any atom is 0.305 e. The van der Waals surface area contributed by atoms with Gasteiger partial charge in [0, 0.05) is 6.92 Å². The number of carbonyl (C=O) groups is 2. The van der Waals surface area contributed by atoms with Crippen LogP contribution in [0.25, 0.3) is 0 Å². The second kappa shape index (κ2) is 6.03. The smallest absolute Gasteiger partial charge is 0.305 e. The normalized spacial score (nSPS) is 11.9. The van der Waals surface area contributed by atoms with Crippen molar-refractivity contribution in [1.82, 2.24) is 5.32 Å². The summed E-state index contributed by atoms with van der Waals surface area (Å²) in [6, 6.07) is 7.17. The van der Waals surface area contributed by atoms with Crippen LogP contribution in [0.3, 0.4) is 0 Å². The van der Waals surface area contributed by atoms with Crippen molar-refractivity contribution in [2.45, 2.75) is 32.7 Å². The molecule has 0 saturated heterocycles. The van der Waals surface area contributed by atoms with Gasteiger partial charge in [-0.05, 0) is 17.5 Å². The molecule has 1 rings (SSSR count). The minimum Gasteiger partial charge on any atom is -0.481 e. The van der Waals surface area contributed by atoms with Crippen molar-refractivity contribution in [3.8, 4) is 0 Å². The highest BCUT2D eigenvalue weighted by molar-refractivity contribution is 5.75. The van der Waals surface area contributed by atoms with Gasteiger partial charge in [-0.1, -0.05) is 31.2 Å². The minimum absolute atomic E-state index is 0.106. The van der Waals surface area contributed by atoms with E-state index in [0.29, 0.717) is 0 Å². The monoisotopic (exact) mass is 235 g/mol. The van der Waals surface area contributed by atoms with Crippen LogP contribution in [0, 0.1) is 0 Å². The molecule has 1 atom stereocenters. The molecule has 0 aliphatic rings. The van der Waals surface area contributed by atoms with Crippen LogP contribution in [0.2, 0.25) is 0 Å². The van der Waals surface area contributed by atoms with E-state index >= 15 is 0 Å². The number of carbonyl (C=O) groups excluding carboxylic acids is 1. The van der Waals surface area contributed by atoms with Gasteiger partial charge in [0.2, 0.25) is 5.91 Å². The lowest BCUT2D eigenvalue weighted by molar-refractivity contribution is -0.137. The topological polar surface area (TPSA) is 66.4 Å². The van der Waals surface area contributed by atoms with E-state index in [2.05, 4.69) is 12.2 Å². The van der Waals surface area contributed by atoms with E-state index in [1.807, 2.05) is 24.3 Å². The number of nitrogens with one attached hydrogen (secondary N) is 1. The Hall–Kier alpha value is -1.84. The van der Waals surface area contributed by atoms with Gasteiger partial charge < -0.3 is 10.4 Å². The molecule has 4 heteroatoms. The van der Waals surface area contributed by atoms with E-state index in [9.17, 15) is 9.59 Å². The first-order valence-corrected chi connectivity index (χ1v) is 5.60. The highest BCUT2D eigenvalue weighted by atomic mass is 16.4. The van der Waals surface area contributed by atoms with Gasteiger partial charge in [0.1, 0.15) is 0 Å². The highest BCUT2D eigenvalue weighted by Gasteiger charge is 2.16. The summed E-state index contributed by atoms with van der Waals surface area (Å²) in [7, 11) is 0. The first-order chi connectivity index (χ1) is 8.02. The second-order valence-electron chi connectivity index (χ2n) is 3.95. The summed E-state index contributed by atoms with van der Waals surface area (Å²) in [5.41, 5.74) is 2.01. The Kier molecular flexibility index (Phi) is 4.69. The summed E-state index contributed by atoms with van der Waals surface area (Å²) >= 11 is 0. The van der Waals surface area contributed by atoms with Crippen molar-refractivity contribution < 1.29 is 14.7 Å². The van der Waals surface area contributed by atoms with E-state index < -0.39 is 12.0 Å². The Morgan fingerprint density at radius 2 is 1.88 bits per heavy atom. The van der Waals surface area contributed by atoms with Crippen molar-refractivity contribution in [2.75, 3.05) is 0 Å². The average Bonchev–Trinajstić information content (AvgIpc) is 2.27. The number of benzene rings is 1. The third kappa shape index (κ3) is 4.26. The third-order valence-corrected chi connectivity index (χ3v) is 2.55. The molecule has 2 N–H and O–H groups in total. The number of amides is 1. The number of carboxylic acid groups (broad SMARTS) is 1. The van der Waals surface area contributed by atoms with Crippen molar-refractivity contribution in [2.24, 2.45) is 0 Å². The number of carboxylic acids is 1. The van der Waals surface area contributed by atoms with Gasteiger partial charge in [-0.15, -0.1) is 0 Å². The van der Waals surface area contributed by atoms with E-state index in [4.69, 9.17) is 5.11 Å². The SMILES string of the molecule is CCc1ccc(C(CC(=O)O)NC(C)=O)cc1. The first-order valence-electron chi connectivity index (χ1n) is 5.60. The average molecular weight is 235 g/mol. The van der Waals surface area contributed by atoms with Gasteiger partial charge in [-0.2, -0.15) is 0 Å². The third-order valence-electron chi connectivity index (χ3n) is 2.55. The summed E-state index contributed by atoms with van der Waals surface area (Å²) < 4.78 is 0. The van der Waals surface area contributed by atoms with Crippen LogP contribution in [-0.4, -0.2) is 17.0 Å². The Bertz CT molecular complexity index is 382. The minimum atomic E-state index is -0.927. The second-order valence-corrected chi connectivity index (χ2v) is 3.95. The molecule has 0 aliphatic heterocycles. The number of rotatable bonds is 5. The molecular formula is C13H17NO3. The van der Waals surface area contributed by atoms with E-state index in [1.165, 1.54) is 12.5 Å². The van der Waals surface area contributed by atoms with Crippen LogP contribution >= 0.6 is 0 Å². The van der Waals surface area contributed by atoms with Crippen molar-refractivity contribution in [1.29, 1.82) is 0 Å². The molecule has 0 fully saturated rings. The highest BCUT2D eigenvalue weighted by Crippen LogP contribution is 2.17. The Morgan fingerprint density at radius 3 is 2.29 bits per heavy atom. The van der Waals surface area contributed by atoms with Gasteiger partial charge in [-0.3, -0.25) is 9.59 Å². The number of hydrogen-bond acceptors (Lipinski definition) is 2. The number of aliphatic carboxylic acids is 1. The molecule has 0 bridgehead atoms. The lowest BCUT2D eigenvalue weighted by Crippen LogP contribution is -2.27. The lowest BCUT2D eigenvalue weighted by Gasteiger charge is -2.16.